The Morgan fingerprint density at radius 1 is 1.16 bits per heavy atom. The Morgan fingerprint density at radius 2 is 1.91 bits per heavy atom. The summed E-state index contributed by atoms with van der Waals surface area (Å²) in [5.74, 6) is -2.30. The first-order valence-corrected chi connectivity index (χ1v) is 16.2. The first kappa shape index (κ1) is 32.3. The molecule has 2 aliphatic rings. The fourth-order valence-electron chi connectivity index (χ4n) is 5.93. The summed E-state index contributed by atoms with van der Waals surface area (Å²) in [6, 6.07) is 10.9. The van der Waals surface area contributed by atoms with Crippen LogP contribution >= 0.6 is 11.6 Å². The number of alkyl halides is 3. The van der Waals surface area contributed by atoms with Crippen LogP contribution in [0, 0.1) is 5.82 Å². The molecule has 5 rings (SSSR count). The second-order valence-electron chi connectivity index (χ2n) is 11.1. The molecule has 8 nitrogen and oxygen atoms in total. The van der Waals surface area contributed by atoms with Gasteiger partial charge in [-0.25, -0.2) is 12.8 Å². The van der Waals surface area contributed by atoms with E-state index in [1.54, 1.807) is 12.1 Å². The number of anilines is 1. The number of fused-ring (bicyclic) bond motifs is 2. The van der Waals surface area contributed by atoms with Crippen molar-refractivity contribution < 1.29 is 30.8 Å². The molecule has 2 saturated heterocycles. The predicted molar refractivity (Wildman–Crippen MR) is 159 cm³/mol. The van der Waals surface area contributed by atoms with Crippen molar-refractivity contribution in [1.29, 1.82) is 0 Å². The van der Waals surface area contributed by atoms with Crippen LogP contribution in [0.5, 0.6) is 0 Å². The van der Waals surface area contributed by atoms with Crippen molar-refractivity contribution in [2.24, 2.45) is 5.73 Å². The zero-order chi connectivity index (χ0) is 31.6. The molecule has 1 aromatic heterocycles. The number of benzene rings is 2. The van der Waals surface area contributed by atoms with Crippen molar-refractivity contribution in [3.8, 4) is 0 Å². The second-order valence-corrected chi connectivity index (χ2v) is 13.6. The summed E-state index contributed by atoms with van der Waals surface area (Å²) in [5.41, 5.74) is 6.16. The molecular formula is C30H32ClF4N5O3S. The van der Waals surface area contributed by atoms with E-state index in [-0.39, 0.29) is 41.1 Å². The molecule has 0 saturated carbocycles. The molecule has 14 heteroatoms. The SMILES string of the molecule is NC(C(=O)Nc1cccc(F)c1CCC1CNC2CCCS(=O)(=O)N1C2)C(c1ccc(Cl)cc1)c1ccnc(C(F)(F)F)c1. The van der Waals surface area contributed by atoms with Crippen molar-refractivity contribution >= 4 is 33.2 Å². The average Bonchev–Trinajstić information content (AvgIpc) is 3.09. The lowest BCUT2D eigenvalue weighted by Gasteiger charge is -2.37. The van der Waals surface area contributed by atoms with E-state index in [0.29, 0.717) is 36.5 Å². The summed E-state index contributed by atoms with van der Waals surface area (Å²) in [7, 11) is -3.44. The van der Waals surface area contributed by atoms with Crippen LogP contribution in [0.3, 0.4) is 0 Å². The third kappa shape index (κ3) is 7.23. The Morgan fingerprint density at radius 3 is 2.64 bits per heavy atom. The van der Waals surface area contributed by atoms with Crippen LogP contribution in [0.4, 0.5) is 23.2 Å². The Bertz CT molecular complexity index is 1610. The third-order valence-electron chi connectivity index (χ3n) is 8.19. The maximum atomic E-state index is 15.2. The van der Waals surface area contributed by atoms with Crippen LogP contribution in [0.1, 0.15) is 47.6 Å². The molecule has 3 heterocycles. The van der Waals surface area contributed by atoms with E-state index in [9.17, 15) is 26.4 Å². The quantitative estimate of drug-likeness (QED) is 0.304. The number of rotatable bonds is 8. The molecule has 44 heavy (non-hydrogen) atoms. The number of piperazine rings is 1. The molecule has 0 spiro atoms. The number of pyridine rings is 1. The first-order chi connectivity index (χ1) is 20.8. The number of nitrogens with one attached hydrogen (secondary N) is 2. The minimum atomic E-state index is -4.72. The number of nitrogens with zero attached hydrogens (tertiary/aromatic N) is 2. The van der Waals surface area contributed by atoms with Gasteiger partial charge in [0.1, 0.15) is 11.5 Å². The summed E-state index contributed by atoms with van der Waals surface area (Å²) >= 11 is 6.02. The predicted octanol–water partition coefficient (Wildman–Crippen LogP) is 4.69. The Labute approximate surface area is 258 Å². The van der Waals surface area contributed by atoms with E-state index in [2.05, 4.69) is 15.6 Å². The minimum absolute atomic E-state index is 0.0668. The van der Waals surface area contributed by atoms with Crippen LogP contribution in [-0.2, 0) is 27.4 Å². The fourth-order valence-corrected chi connectivity index (χ4v) is 7.86. The Kier molecular flexibility index (Phi) is 9.61. The highest BCUT2D eigenvalue weighted by Gasteiger charge is 2.38. The number of carbonyl (C=O) groups excluding carboxylic acids is 1. The van der Waals surface area contributed by atoms with Crippen molar-refractivity contribution in [3.63, 3.8) is 0 Å². The van der Waals surface area contributed by atoms with Crippen LogP contribution in [0.25, 0.3) is 0 Å². The largest absolute Gasteiger partial charge is 0.433 e. The third-order valence-corrected chi connectivity index (χ3v) is 10.4. The van der Waals surface area contributed by atoms with Crippen molar-refractivity contribution in [2.75, 3.05) is 24.2 Å². The van der Waals surface area contributed by atoms with Gasteiger partial charge in [0.15, 0.2) is 0 Å². The second kappa shape index (κ2) is 13.1. The van der Waals surface area contributed by atoms with Crippen molar-refractivity contribution in [2.45, 2.75) is 55.9 Å². The van der Waals surface area contributed by atoms with Gasteiger partial charge in [0, 0.05) is 53.6 Å². The van der Waals surface area contributed by atoms with Gasteiger partial charge in [-0.15, -0.1) is 0 Å². The van der Waals surface area contributed by atoms with E-state index >= 15 is 4.39 Å². The number of halogens is 5. The smallest absolute Gasteiger partial charge is 0.324 e. The molecule has 0 radical (unpaired) electrons. The van der Waals surface area contributed by atoms with Crippen LogP contribution < -0.4 is 16.4 Å². The summed E-state index contributed by atoms with van der Waals surface area (Å²) < 4.78 is 82.8. The van der Waals surface area contributed by atoms with Gasteiger partial charge >= 0.3 is 6.18 Å². The number of aromatic nitrogens is 1. The molecule has 0 aliphatic carbocycles. The summed E-state index contributed by atoms with van der Waals surface area (Å²) in [5, 5.41) is 6.44. The fraction of sp³-hybridized carbons (Fsp3) is 0.400. The molecule has 5 atom stereocenters. The molecule has 4 N–H and O–H groups in total. The molecule has 236 valence electrons. The standard InChI is InChI=1S/C30H32ClF4N5O3S/c31-20-8-6-18(7-9-20)27(19-12-13-37-26(15-19)30(33,34)35)28(36)29(41)39-25-5-1-4-24(32)23(25)11-10-22-16-38-21-3-2-14-44(42,43)40(22)17-21/h1,4-9,12-13,15,21-22,27-28,38H,2-3,10-11,14,16-17,36H2,(H,39,41). The molecule has 1 amide bonds. The van der Waals surface area contributed by atoms with Gasteiger partial charge in [-0.3, -0.25) is 9.78 Å². The van der Waals surface area contributed by atoms with Crippen LogP contribution in [0.15, 0.2) is 60.8 Å². The molecule has 5 unspecified atom stereocenters. The Hall–Kier alpha value is -3.10. The zero-order valence-electron chi connectivity index (χ0n) is 23.5. The molecule has 2 aliphatic heterocycles. The number of sulfonamides is 1. The van der Waals surface area contributed by atoms with Crippen molar-refractivity contribution in [1.82, 2.24) is 14.6 Å². The van der Waals surface area contributed by atoms with E-state index in [0.717, 1.165) is 18.7 Å². The van der Waals surface area contributed by atoms with E-state index in [1.807, 2.05) is 0 Å². The highest BCUT2D eigenvalue weighted by atomic mass is 35.5. The first-order valence-electron chi connectivity index (χ1n) is 14.2. The Balaban J connectivity index is 1.39. The maximum Gasteiger partial charge on any atom is 0.433 e. The lowest BCUT2D eigenvalue weighted by Crippen LogP contribution is -2.57. The summed E-state index contributed by atoms with van der Waals surface area (Å²) in [4.78, 5) is 17.0. The van der Waals surface area contributed by atoms with Crippen molar-refractivity contribution in [3.05, 3.63) is 94.0 Å². The van der Waals surface area contributed by atoms with Gasteiger partial charge in [-0.2, -0.15) is 17.5 Å². The topological polar surface area (TPSA) is 117 Å². The van der Waals surface area contributed by atoms with Gasteiger partial charge in [0.05, 0.1) is 11.8 Å². The van der Waals surface area contributed by atoms with E-state index in [1.165, 1.54) is 40.7 Å². The lowest BCUT2D eigenvalue weighted by atomic mass is 9.85. The van der Waals surface area contributed by atoms with E-state index in [4.69, 9.17) is 17.3 Å². The van der Waals surface area contributed by atoms with Crippen LogP contribution in [0.2, 0.25) is 5.02 Å². The van der Waals surface area contributed by atoms with E-state index < -0.39 is 45.6 Å². The molecule has 2 bridgehead atoms. The number of nitrogens with two attached hydrogens (primary N) is 1. The number of carbonyl (C=O) groups is 1. The minimum Gasteiger partial charge on any atom is -0.324 e. The van der Waals surface area contributed by atoms with Gasteiger partial charge < -0.3 is 16.4 Å². The highest BCUT2D eigenvalue weighted by Crippen LogP contribution is 2.34. The molecule has 3 aromatic rings. The lowest BCUT2D eigenvalue weighted by molar-refractivity contribution is -0.141. The summed E-state index contributed by atoms with van der Waals surface area (Å²) in [6.07, 6.45) is -1.95. The molecule has 2 fully saturated rings. The van der Waals surface area contributed by atoms with Gasteiger partial charge in [-0.05, 0) is 73.2 Å². The monoisotopic (exact) mass is 653 g/mol. The van der Waals surface area contributed by atoms with Gasteiger partial charge in [-0.1, -0.05) is 29.8 Å². The maximum absolute atomic E-state index is 15.2. The normalized spacial score (nSPS) is 22.9. The van der Waals surface area contributed by atoms with Crippen LogP contribution in [-0.4, -0.2) is 60.6 Å². The van der Waals surface area contributed by atoms with Gasteiger partial charge in [0.2, 0.25) is 15.9 Å². The van der Waals surface area contributed by atoms with Gasteiger partial charge in [0.25, 0.3) is 0 Å². The molecule has 2 aromatic carbocycles. The zero-order valence-corrected chi connectivity index (χ0v) is 25.1. The number of hydrogen-bond acceptors (Lipinski definition) is 6. The molecular weight excluding hydrogens is 622 g/mol. The number of amides is 1. The average molecular weight is 654 g/mol. The summed E-state index contributed by atoms with van der Waals surface area (Å²) in [6.45, 7) is 0.791. The number of hydrogen-bond donors (Lipinski definition) is 3. The highest BCUT2D eigenvalue weighted by molar-refractivity contribution is 7.89.